The summed E-state index contributed by atoms with van der Waals surface area (Å²) in [7, 11) is 1.88. The first-order chi connectivity index (χ1) is 15.3. The van der Waals surface area contributed by atoms with E-state index in [-0.39, 0.29) is 12.1 Å². The molecule has 172 valence electrons. The number of likely N-dealkylation sites (tertiary alicyclic amines) is 2. The molecule has 0 saturated carbocycles. The zero-order valence-electron chi connectivity index (χ0n) is 19.9. The summed E-state index contributed by atoms with van der Waals surface area (Å²) in [5, 5.41) is 0. The fourth-order valence-corrected chi connectivity index (χ4v) is 4.94. The number of nitrogens with zero attached hydrogens (tertiary/aromatic N) is 3. The Labute approximate surface area is 193 Å². The molecule has 2 aliphatic rings. The van der Waals surface area contributed by atoms with Crippen LogP contribution in [0.1, 0.15) is 50.8 Å². The Kier molecular flexibility index (Phi) is 6.87. The van der Waals surface area contributed by atoms with Gasteiger partial charge in [-0.3, -0.25) is 9.80 Å². The summed E-state index contributed by atoms with van der Waals surface area (Å²) in [5.41, 5.74) is 2.26. The Morgan fingerprint density at radius 1 is 0.938 bits per heavy atom. The van der Waals surface area contributed by atoms with Crippen molar-refractivity contribution < 1.29 is 9.53 Å². The van der Waals surface area contributed by atoms with Gasteiger partial charge in [0.2, 0.25) is 0 Å². The highest BCUT2D eigenvalue weighted by Crippen LogP contribution is 2.34. The molecule has 0 aliphatic carbocycles. The second-order valence-corrected chi connectivity index (χ2v) is 10.2. The summed E-state index contributed by atoms with van der Waals surface area (Å²) in [6.45, 7) is 10.0. The van der Waals surface area contributed by atoms with Crippen molar-refractivity contribution in [2.24, 2.45) is 0 Å². The van der Waals surface area contributed by atoms with Gasteiger partial charge in [0.1, 0.15) is 5.60 Å². The van der Waals surface area contributed by atoms with Crippen molar-refractivity contribution in [1.82, 2.24) is 14.7 Å². The number of ether oxygens (including phenoxy) is 1. The number of benzene rings is 2. The van der Waals surface area contributed by atoms with E-state index in [2.05, 4.69) is 70.5 Å². The van der Waals surface area contributed by atoms with Gasteiger partial charge in [0.25, 0.3) is 0 Å². The lowest BCUT2D eigenvalue weighted by Gasteiger charge is -2.51. The Morgan fingerprint density at radius 3 is 1.91 bits per heavy atom. The summed E-state index contributed by atoms with van der Waals surface area (Å²) in [4.78, 5) is 19.4. The first kappa shape index (κ1) is 22.8. The minimum Gasteiger partial charge on any atom is -0.444 e. The van der Waals surface area contributed by atoms with Crippen LogP contribution in [0.4, 0.5) is 4.79 Å². The van der Waals surface area contributed by atoms with E-state index in [1.165, 1.54) is 11.1 Å². The van der Waals surface area contributed by atoms with Crippen molar-refractivity contribution in [3.8, 4) is 0 Å². The average molecular weight is 436 g/mol. The molecule has 0 aromatic heterocycles. The zero-order chi connectivity index (χ0) is 22.7. The Balaban J connectivity index is 1.32. The number of amides is 1. The Hall–Kier alpha value is -2.37. The SMILES string of the molecule is CN(C(=O)OC(C)(C)C)C1CCN(C2CN(C(c3ccccc3)c3ccccc3)C2)CC1. The summed E-state index contributed by atoms with van der Waals surface area (Å²) < 4.78 is 5.55. The van der Waals surface area contributed by atoms with Crippen LogP contribution < -0.4 is 0 Å². The molecule has 1 amide bonds. The van der Waals surface area contributed by atoms with Gasteiger partial charge < -0.3 is 9.64 Å². The average Bonchev–Trinajstić information content (AvgIpc) is 2.75. The van der Waals surface area contributed by atoms with Crippen LogP contribution >= 0.6 is 0 Å². The van der Waals surface area contributed by atoms with E-state index in [9.17, 15) is 4.79 Å². The molecule has 0 atom stereocenters. The van der Waals surface area contributed by atoms with Crippen LogP contribution in [0.25, 0.3) is 0 Å². The molecule has 2 aromatic rings. The maximum atomic E-state index is 12.4. The summed E-state index contributed by atoms with van der Waals surface area (Å²) in [6, 6.07) is 22.8. The summed E-state index contributed by atoms with van der Waals surface area (Å²) >= 11 is 0. The van der Waals surface area contributed by atoms with Crippen molar-refractivity contribution in [2.75, 3.05) is 33.2 Å². The van der Waals surface area contributed by atoms with E-state index in [0.29, 0.717) is 12.1 Å². The maximum absolute atomic E-state index is 12.4. The molecule has 2 aliphatic heterocycles. The lowest BCUT2D eigenvalue weighted by atomic mass is 9.91. The molecule has 2 saturated heterocycles. The number of carbonyl (C=O) groups excluding carboxylic acids is 1. The molecule has 5 heteroatoms. The Bertz CT molecular complexity index is 827. The van der Waals surface area contributed by atoms with Crippen molar-refractivity contribution in [3.05, 3.63) is 71.8 Å². The van der Waals surface area contributed by atoms with Crippen LogP contribution in [-0.4, -0.2) is 71.7 Å². The topological polar surface area (TPSA) is 36.0 Å². The molecule has 5 nitrogen and oxygen atoms in total. The highest BCUT2D eigenvalue weighted by Gasteiger charge is 2.39. The van der Waals surface area contributed by atoms with E-state index < -0.39 is 5.60 Å². The second kappa shape index (κ2) is 9.63. The molecule has 2 aromatic carbocycles. The first-order valence-electron chi connectivity index (χ1n) is 11.9. The number of rotatable bonds is 5. The first-order valence-corrected chi connectivity index (χ1v) is 11.9. The maximum Gasteiger partial charge on any atom is 0.410 e. The highest BCUT2D eigenvalue weighted by molar-refractivity contribution is 5.68. The molecule has 0 spiro atoms. The predicted octanol–water partition coefficient (Wildman–Crippen LogP) is 4.79. The minimum absolute atomic E-state index is 0.209. The van der Waals surface area contributed by atoms with E-state index in [1.807, 2.05) is 27.8 Å². The standard InChI is InChI=1S/C27H37N3O2/c1-27(2,3)32-26(31)28(4)23-15-17-29(18-16-23)24-19-30(20-24)25(21-11-7-5-8-12-21)22-13-9-6-10-14-22/h5-14,23-25H,15-20H2,1-4H3. The molecule has 0 unspecified atom stereocenters. The second-order valence-electron chi connectivity index (χ2n) is 10.2. The van der Waals surface area contributed by atoms with Crippen molar-refractivity contribution >= 4 is 6.09 Å². The fourth-order valence-electron chi connectivity index (χ4n) is 4.94. The summed E-state index contributed by atoms with van der Waals surface area (Å²) in [6.07, 6.45) is 1.81. The van der Waals surface area contributed by atoms with Gasteiger partial charge in [0.15, 0.2) is 0 Å². The quantitative estimate of drug-likeness (QED) is 0.676. The molecule has 2 fully saturated rings. The van der Waals surface area contributed by atoms with Gasteiger partial charge in [-0.15, -0.1) is 0 Å². The van der Waals surface area contributed by atoms with Crippen LogP contribution in [0.15, 0.2) is 60.7 Å². The molecule has 2 heterocycles. The van der Waals surface area contributed by atoms with Crippen LogP contribution in [0.2, 0.25) is 0 Å². The third kappa shape index (κ3) is 5.33. The lowest BCUT2D eigenvalue weighted by Crippen LogP contribution is -2.62. The van der Waals surface area contributed by atoms with Gasteiger partial charge in [-0.05, 0) is 44.7 Å². The van der Waals surface area contributed by atoms with Gasteiger partial charge in [-0.2, -0.15) is 0 Å². The van der Waals surface area contributed by atoms with Gasteiger partial charge >= 0.3 is 6.09 Å². The van der Waals surface area contributed by atoms with Crippen LogP contribution in [0, 0.1) is 0 Å². The normalized spacial score (nSPS) is 19.0. The minimum atomic E-state index is -0.449. The molecule has 0 radical (unpaired) electrons. The Morgan fingerprint density at radius 2 is 1.44 bits per heavy atom. The van der Waals surface area contributed by atoms with Crippen molar-refractivity contribution in [1.29, 1.82) is 0 Å². The third-order valence-corrected chi connectivity index (χ3v) is 6.73. The van der Waals surface area contributed by atoms with Gasteiger partial charge in [-0.25, -0.2) is 4.79 Å². The van der Waals surface area contributed by atoms with Crippen LogP contribution in [0.5, 0.6) is 0 Å². The van der Waals surface area contributed by atoms with Crippen LogP contribution in [0.3, 0.4) is 0 Å². The number of carbonyl (C=O) groups is 1. The predicted molar refractivity (Wildman–Crippen MR) is 129 cm³/mol. The number of hydrogen-bond acceptors (Lipinski definition) is 4. The lowest BCUT2D eigenvalue weighted by molar-refractivity contribution is -0.0143. The fraction of sp³-hybridized carbons (Fsp3) is 0.519. The molecule has 0 N–H and O–H groups in total. The molecular weight excluding hydrogens is 398 g/mol. The van der Waals surface area contributed by atoms with E-state index in [0.717, 1.165) is 39.0 Å². The molecule has 0 bridgehead atoms. The van der Waals surface area contributed by atoms with E-state index >= 15 is 0 Å². The largest absolute Gasteiger partial charge is 0.444 e. The zero-order valence-corrected chi connectivity index (χ0v) is 19.9. The van der Waals surface area contributed by atoms with E-state index in [4.69, 9.17) is 4.74 Å². The molecule has 4 rings (SSSR count). The molecular formula is C27H37N3O2. The van der Waals surface area contributed by atoms with Gasteiger partial charge in [0, 0.05) is 45.3 Å². The highest BCUT2D eigenvalue weighted by atomic mass is 16.6. The van der Waals surface area contributed by atoms with Gasteiger partial charge in [-0.1, -0.05) is 60.7 Å². The number of piperidine rings is 1. The van der Waals surface area contributed by atoms with E-state index in [1.54, 1.807) is 4.90 Å². The van der Waals surface area contributed by atoms with Crippen molar-refractivity contribution in [3.63, 3.8) is 0 Å². The number of hydrogen-bond donors (Lipinski definition) is 0. The van der Waals surface area contributed by atoms with Gasteiger partial charge in [0.05, 0.1) is 6.04 Å². The summed E-state index contributed by atoms with van der Waals surface area (Å²) in [5.74, 6) is 0. The smallest absolute Gasteiger partial charge is 0.410 e. The van der Waals surface area contributed by atoms with Crippen LogP contribution in [-0.2, 0) is 4.74 Å². The van der Waals surface area contributed by atoms with Crippen molar-refractivity contribution in [2.45, 2.75) is 57.3 Å². The monoisotopic (exact) mass is 435 g/mol. The molecule has 32 heavy (non-hydrogen) atoms. The third-order valence-electron chi connectivity index (χ3n) is 6.73.